The van der Waals surface area contributed by atoms with Gasteiger partial charge >= 0.3 is 0 Å². The summed E-state index contributed by atoms with van der Waals surface area (Å²) in [5.74, 6) is 0.343. The van der Waals surface area contributed by atoms with E-state index in [9.17, 15) is 9.59 Å². The topological polar surface area (TPSA) is 87.2 Å². The fraction of sp³-hybridized carbons (Fsp3) is 0.545. The highest BCUT2D eigenvalue weighted by Crippen LogP contribution is 2.20. The molecule has 7 nitrogen and oxygen atoms in total. The van der Waals surface area contributed by atoms with E-state index in [1.54, 1.807) is 0 Å². The highest BCUT2D eigenvalue weighted by Gasteiger charge is 2.22. The van der Waals surface area contributed by atoms with E-state index in [-0.39, 0.29) is 17.7 Å². The molecule has 30 heavy (non-hydrogen) atoms. The van der Waals surface area contributed by atoms with Crippen molar-refractivity contribution < 1.29 is 9.59 Å². The zero-order valence-corrected chi connectivity index (χ0v) is 18.8. The highest BCUT2D eigenvalue weighted by atomic mass is 32.1. The van der Waals surface area contributed by atoms with Crippen LogP contribution in [0.4, 0.5) is 5.69 Å². The summed E-state index contributed by atoms with van der Waals surface area (Å²) in [6.45, 7) is 9.24. The molecule has 2 aromatic rings. The van der Waals surface area contributed by atoms with Gasteiger partial charge in [0.15, 0.2) is 0 Å². The molecule has 8 heteroatoms. The largest absolute Gasteiger partial charge is 0.356 e. The molecule has 0 spiro atoms. The van der Waals surface area contributed by atoms with Gasteiger partial charge in [-0.15, -0.1) is 10.2 Å². The smallest absolute Gasteiger partial charge is 0.286 e. The molecule has 0 unspecified atom stereocenters. The average Bonchev–Trinajstić information content (AvgIpc) is 3.21. The number of carbonyl (C=O) groups excluding carboxylic acids is 2. The lowest BCUT2D eigenvalue weighted by atomic mass is 9.98. The SMILES string of the molecule is CCc1ccc(NC(=O)c2nnc(CN3CCC[C@H](CNC(=O)C(C)C)C3)s2)cc1. The third-order valence-electron chi connectivity index (χ3n) is 5.33. The molecule has 0 aliphatic carbocycles. The Labute approximate surface area is 182 Å². The number of anilines is 1. The van der Waals surface area contributed by atoms with Gasteiger partial charge in [-0.2, -0.15) is 0 Å². The van der Waals surface area contributed by atoms with E-state index in [0.717, 1.165) is 43.0 Å². The molecule has 1 atom stereocenters. The Balaban J connectivity index is 1.50. The second-order valence-electron chi connectivity index (χ2n) is 8.15. The number of nitrogens with one attached hydrogen (secondary N) is 2. The van der Waals surface area contributed by atoms with Crippen LogP contribution >= 0.6 is 11.3 Å². The molecule has 162 valence electrons. The first-order chi connectivity index (χ1) is 14.4. The molecule has 1 saturated heterocycles. The maximum atomic E-state index is 12.5. The number of benzene rings is 1. The van der Waals surface area contributed by atoms with Crippen LogP contribution in [0.5, 0.6) is 0 Å². The second kappa shape index (κ2) is 10.6. The summed E-state index contributed by atoms with van der Waals surface area (Å²) < 4.78 is 0. The summed E-state index contributed by atoms with van der Waals surface area (Å²) in [6, 6.07) is 7.84. The number of likely N-dealkylation sites (tertiary alicyclic amines) is 1. The first-order valence-electron chi connectivity index (χ1n) is 10.7. The van der Waals surface area contributed by atoms with Crippen molar-refractivity contribution in [2.24, 2.45) is 11.8 Å². The van der Waals surface area contributed by atoms with E-state index < -0.39 is 0 Å². The number of aromatic nitrogens is 2. The number of aryl methyl sites for hydroxylation is 1. The summed E-state index contributed by atoms with van der Waals surface area (Å²) >= 11 is 1.34. The van der Waals surface area contributed by atoms with Crippen LogP contribution in [0.1, 0.15) is 54.0 Å². The predicted octanol–water partition coefficient (Wildman–Crippen LogP) is 3.34. The Morgan fingerprint density at radius 1 is 1.23 bits per heavy atom. The van der Waals surface area contributed by atoms with Gasteiger partial charge in [-0.25, -0.2) is 0 Å². The van der Waals surface area contributed by atoms with Gasteiger partial charge in [-0.1, -0.05) is 44.2 Å². The summed E-state index contributed by atoms with van der Waals surface area (Å²) in [5, 5.41) is 15.4. The standard InChI is InChI=1S/C22H31N5O2S/c1-4-16-7-9-18(10-8-16)24-21(29)22-26-25-19(30-22)14-27-11-5-6-17(13-27)12-23-20(28)15(2)3/h7-10,15,17H,4-6,11-14H2,1-3H3,(H,23,28)(H,24,29)/t17-/m1/s1. The van der Waals surface area contributed by atoms with E-state index in [4.69, 9.17) is 0 Å². The molecule has 0 radical (unpaired) electrons. The maximum Gasteiger partial charge on any atom is 0.286 e. The van der Waals surface area contributed by atoms with Crippen LogP contribution in [0.2, 0.25) is 0 Å². The number of rotatable bonds is 8. The third-order valence-corrected chi connectivity index (χ3v) is 6.24. The lowest BCUT2D eigenvalue weighted by molar-refractivity contribution is -0.124. The summed E-state index contributed by atoms with van der Waals surface area (Å²) in [7, 11) is 0. The van der Waals surface area contributed by atoms with Crippen LogP contribution in [0.25, 0.3) is 0 Å². The quantitative estimate of drug-likeness (QED) is 0.672. The van der Waals surface area contributed by atoms with Crippen molar-refractivity contribution in [3.63, 3.8) is 0 Å². The number of nitrogens with zero attached hydrogens (tertiary/aromatic N) is 3. The molecular formula is C22H31N5O2S. The Hall–Kier alpha value is -2.32. The van der Waals surface area contributed by atoms with Crippen LogP contribution in [-0.2, 0) is 17.8 Å². The summed E-state index contributed by atoms with van der Waals surface area (Å²) in [4.78, 5) is 26.6. The van der Waals surface area contributed by atoms with Crippen LogP contribution in [-0.4, -0.2) is 46.5 Å². The number of piperidine rings is 1. The molecule has 2 amide bonds. The molecule has 2 N–H and O–H groups in total. The normalized spacial score (nSPS) is 17.1. The van der Waals surface area contributed by atoms with Crippen molar-refractivity contribution in [3.05, 3.63) is 39.8 Å². The van der Waals surface area contributed by atoms with E-state index >= 15 is 0 Å². The minimum absolute atomic E-state index is 0.0141. The maximum absolute atomic E-state index is 12.5. The van der Waals surface area contributed by atoms with E-state index in [2.05, 4.69) is 32.7 Å². The van der Waals surface area contributed by atoms with Gasteiger partial charge in [0.05, 0.1) is 6.54 Å². The van der Waals surface area contributed by atoms with Crippen LogP contribution in [0, 0.1) is 11.8 Å². The molecule has 0 saturated carbocycles. The zero-order valence-electron chi connectivity index (χ0n) is 18.0. The minimum Gasteiger partial charge on any atom is -0.356 e. The molecule has 2 heterocycles. The molecule has 3 rings (SSSR count). The zero-order chi connectivity index (χ0) is 21.5. The fourth-order valence-electron chi connectivity index (χ4n) is 3.52. The van der Waals surface area contributed by atoms with E-state index in [0.29, 0.717) is 24.0 Å². The number of hydrogen-bond acceptors (Lipinski definition) is 6. The third kappa shape index (κ3) is 6.34. The Morgan fingerprint density at radius 3 is 2.70 bits per heavy atom. The first-order valence-corrected chi connectivity index (χ1v) is 11.5. The van der Waals surface area contributed by atoms with E-state index in [1.165, 1.54) is 16.9 Å². The first kappa shape index (κ1) is 22.4. The molecule has 1 aromatic carbocycles. The Kier molecular flexibility index (Phi) is 7.93. The molecule has 1 aliphatic heterocycles. The van der Waals surface area contributed by atoms with Gasteiger partial charge in [0.25, 0.3) is 5.91 Å². The van der Waals surface area contributed by atoms with Crippen molar-refractivity contribution >= 4 is 28.8 Å². The van der Waals surface area contributed by atoms with Crippen molar-refractivity contribution in [1.29, 1.82) is 0 Å². The lowest BCUT2D eigenvalue weighted by Crippen LogP contribution is -2.41. The van der Waals surface area contributed by atoms with Gasteiger partial charge in [0, 0.05) is 24.7 Å². The van der Waals surface area contributed by atoms with Crippen molar-refractivity contribution in [2.75, 3.05) is 25.0 Å². The molecule has 1 aliphatic rings. The van der Waals surface area contributed by atoms with Crippen LogP contribution < -0.4 is 10.6 Å². The van der Waals surface area contributed by atoms with Gasteiger partial charge in [-0.3, -0.25) is 14.5 Å². The Morgan fingerprint density at radius 2 is 2.00 bits per heavy atom. The van der Waals surface area contributed by atoms with Crippen LogP contribution in [0.3, 0.4) is 0 Å². The predicted molar refractivity (Wildman–Crippen MR) is 120 cm³/mol. The molecule has 1 aromatic heterocycles. The molecular weight excluding hydrogens is 398 g/mol. The van der Waals surface area contributed by atoms with Crippen molar-refractivity contribution in [3.8, 4) is 0 Å². The van der Waals surface area contributed by atoms with Gasteiger partial charge in [0.2, 0.25) is 10.9 Å². The van der Waals surface area contributed by atoms with Crippen molar-refractivity contribution in [1.82, 2.24) is 20.4 Å². The van der Waals surface area contributed by atoms with Crippen molar-refractivity contribution in [2.45, 2.75) is 46.6 Å². The summed E-state index contributed by atoms with van der Waals surface area (Å²) in [6.07, 6.45) is 3.19. The molecule has 0 bridgehead atoms. The highest BCUT2D eigenvalue weighted by molar-refractivity contribution is 7.13. The lowest BCUT2D eigenvalue weighted by Gasteiger charge is -2.32. The van der Waals surface area contributed by atoms with Crippen LogP contribution in [0.15, 0.2) is 24.3 Å². The Bertz CT molecular complexity index is 849. The number of amides is 2. The second-order valence-corrected chi connectivity index (χ2v) is 9.21. The van der Waals surface area contributed by atoms with Gasteiger partial charge in [0.1, 0.15) is 5.01 Å². The minimum atomic E-state index is -0.226. The average molecular weight is 430 g/mol. The monoisotopic (exact) mass is 429 g/mol. The number of hydrogen-bond donors (Lipinski definition) is 2. The van der Waals surface area contributed by atoms with E-state index in [1.807, 2.05) is 38.1 Å². The van der Waals surface area contributed by atoms with Gasteiger partial charge in [-0.05, 0) is 49.4 Å². The fourth-order valence-corrected chi connectivity index (χ4v) is 4.30. The molecule has 1 fully saturated rings. The summed E-state index contributed by atoms with van der Waals surface area (Å²) in [5.41, 5.74) is 1.99. The number of carbonyl (C=O) groups is 2. The van der Waals surface area contributed by atoms with Gasteiger partial charge < -0.3 is 10.6 Å².